The van der Waals surface area contributed by atoms with E-state index < -0.39 is 5.92 Å². The lowest BCUT2D eigenvalue weighted by molar-refractivity contribution is -0.132. The summed E-state index contributed by atoms with van der Waals surface area (Å²) in [5.41, 5.74) is 4.62. The molecule has 0 saturated heterocycles. The molecule has 1 unspecified atom stereocenters. The molecule has 0 fully saturated rings. The molecule has 150 valence electrons. The van der Waals surface area contributed by atoms with E-state index in [1.54, 1.807) is 18.3 Å². The van der Waals surface area contributed by atoms with Gasteiger partial charge < -0.3 is 9.30 Å². The second kappa shape index (κ2) is 7.75. The molecule has 1 atom stereocenters. The maximum absolute atomic E-state index is 14.8. The maximum atomic E-state index is 14.8. The smallest absolute Gasteiger partial charge is 0.223 e. The van der Waals surface area contributed by atoms with Gasteiger partial charge in [0, 0.05) is 37.8 Å². The zero-order chi connectivity index (χ0) is 20.5. The Balaban J connectivity index is 1.49. The molecule has 30 heavy (non-hydrogen) atoms. The monoisotopic (exact) mass is 399 g/mol. The molecule has 1 aliphatic heterocycles. The molecule has 2 aromatic heterocycles. The van der Waals surface area contributed by atoms with Gasteiger partial charge in [0.15, 0.2) is 0 Å². The number of carbonyl (C=O) groups excluding carboxylic acids is 1. The summed E-state index contributed by atoms with van der Waals surface area (Å²) in [5, 5.41) is 0. The van der Waals surface area contributed by atoms with Crippen molar-refractivity contribution < 1.29 is 9.18 Å². The zero-order valence-electron chi connectivity index (χ0n) is 16.5. The van der Waals surface area contributed by atoms with Gasteiger partial charge in [-0.2, -0.15) is 0 Å². The fourth-order valence-electron chi connectivity index (χ4n) is 4.35. The van der Waals surface area contributed by atoms with Crippen LogP contribution in [0.3, 0.4) is 0 Å². The SMILES string of the molecule is O=C(CC(c1ccccc1F)c1cnc2ccccn12)N1CCc2ccccc2C1. The van der Waals surface area contributed by atoms with Crippen LogP contribution in [0.2, 0.25) is 0 Å². The van der Waals surface area contributed by atoms with E-state index in [4.69, 9.17) is 0 Å². The highest BCUT2D eigenvalue weighted by Gasteiger charge is 2.28. The van der Waals surface area contributed by atoms with Crippen LogP contribution in [0, 0.1) is 5.82 Å². The predicted octanol–water partition coefficient (Wildman–Crippen LogP) is 4.58. The summed E-state index contributed by atoms with van der Waals surface area (Å²) in [5.74, 6) is -0.679. The van der Waals surface area contributed by atoms with Crippen LogP contribution in [0.1, 0.15) is 34.7 Å². The Labute approximate surface area is 174 Å². The molecule has 2 aromatic carbocycles. The predicted molar refractivity (Wildman–Crippen MR) is 114 cm³/mol. The Bertz CT molecular complexity index is 1220. The van der Waals surface area contributed by atoms with E-state index in [0.29, 0.717) is 18.7 Å². The number of halogens is 1. The van der Waals surface area contributed by atoms with Gasteiger partial charge in [0.2, 0.25) is 5.91 Å². The minimum absolute atomic E-state index is 0.0311. The van der Waals surface area contributed by atoms with E-state index in [0.717, 1.165) is 17.8 Å². The molecular weight excluding hydrogens is 377 g/mol. The van der Waals surface area contributed by atoms with Crippen molar-refractivity contribution in [2.75, 3.05) is 6.54 Å². The molecule has 0 N–H and O–H groups in total. The van der Waals surface area contributed by atoms with Crippen molar-refractivity contribution in [1.29, 1.82) is 0 Å². The molecule has 0 radical (unpaired) electrons. The van der Waals surface area contributed by atoms with Crippen LogP contribution in [0.25, 0.3) is 5.65 Å². The van der Waals surface area contributed by atoms with Gasteiger partial charge in [-0.1, -0.05) is 48.5 Å². The van der Waals surface area contributed by atoms with Crippen LogP contribution < -0.4 is 0 Å². The van der Waals surface area contributed by atoms with Crippen molar-refractivity contribution in [3.63, 3.8) is 0 Å². The van der Waals surface area contributed by atoms with E-state index in [1.165, 1.54) is 17.2 Å². The number of rotatable bonds is 4. The van der Waals surface area contributed by atoms with E-state index in [1.807, 2.05) is 51.9 Å². The molecule has 5 rings (SSSR count). The number of aromatic nitrogens is 2. The number of carbonyl (C=O) groups is 1. The lowest BCUT2D eigenvalue weighted by Gasteiger charge is -2.30. The highest BCUT2D eigenvalue weighted by Crippen LogP contribution is 2.32. The molecule has 0 spiro atoms. The lowest BCUT2D eigenvalue weighted by atomic mass is 9.91. The average Bonchev–Trinajstić information content (AvgIpc) is 3.21. The van der Waals surface area contributed by atoms with E-state index in [-0.39, 0.29) is 18.1 Å². The largest absolute Gasteiger partial charge is 0.338 e. The first-order chi connectivity index (χ1) is 14.7. The summed E-state index contributed by atoms with van der Waals surface area (Å²) < 4.78 is 16.7. The fourth-order valence-corrected chi connectivity index (χ4v) is 4.35. The van der Waals surface area contributed by atoms with Gasteiger partial charge in [0.1, 0.15) is 11.5 Å². The summed E-state index contributed by atoms with van der Waals surface area (Å²) in [6.45, 7) is 1.29. The standard InChI is InChI=1S/C25H22FN3O/c26-22-10-4-3-9-20(22)21(23-16-27-24-11-5-6-13-29(23)24)15-25(30)28-14-12-18-7-1-2-8-19(18)17-28/h1-11,13,16,21H,12,14-15,17H2. The van der Waals surface area contributed by atoms with E-state index in [9.17, 15) is 9.18 Å². The number of imidazole rings is 1. The van der Waals surface area contributed by atoms with Crippen molar-refractivity contribution in [1.82, 2.24) is 14.3 Å². The van der Waals surface area contributed by atoms with Gasteiger partial charge in [-0.15, -0.1) is 0 Å². The number of pyridine rings is 1. The first kappa shape index (κ1) is 18.6. The molecule has 0 aliphatic carbocycles. The van der Waals surface area contributed by atoms with E-state index in [2.05, 4.69) is 17.1 Å². The third-order valence-corrected chi connectivity index (χ3v) is 5.95. The summed E-state index contributed by atoms with van der Waals surface area (Å²) >= 11 is 0. The lowest BCUT2D eigenvalue weighted by Crippen LogP contribution is -2.36. The van der Waals surface area contributed by atoms with Gasteiger partial charge in [0.25, 0.3) is 0 Å². The van der Waals surface area contributed by atoms with Crippen molar-refractivity contribution in [3.8, 4) is 0 Å². The Kier molecular flexibility index (Phi) is 4.79. The molecule has 0 bridgehead atoms. The van der Waals surface area contributed by atoms with Crippen molar-refractivity contribution in [2.45, 2.75) is 25.3 Å². The number of fused-ring (bicyclic) bond motifs is 2. The molecule has 4 nitrogen and oxygen atoms in total. The Morgan fingerprint density at radius 1 is 1.00 bits per heavy atom. The van der Waals surface area contributed by atoms with Crippen molar-refractivity contribution in [2.24, 2.45) is 0 Å². The molecular formula is C25H22FN3O. The minimum Gasteiger partial charge on any atom is -0.338 e. The Morgan fingerprint density at radius 3 is 2.63 bits per heavy atom. The third kappa shape index (κ3) is 3.36. The highest BCUT2D eigenvalue weighted by molar-refractivity contribution is 5.78. The van der Waals surface area contributed by atoms with Crippen molar-refractivity contribution >= 4 is 11.6 Å². The number of amides is 1. The Morgan fingerprint density at radius 2 is 1.77 bits per heavy atom. The second-order valence-corrected chi connectivity index (χ2v) is 7.72. The second-order valence-electron chi connectivity index (χ2n) is 7.72. The van der Waals surface area contributed by atoms with Crippen LogP contribution in [-0.4, -0.2) is 26.7 Å². The Hall–Kier alpha value is -3.47. The van der Waals surface area contributed by atoms with Gasteiger partial charge in [0.05, 0.1) is 5.69 Å². The van der Waals surface area contributed by atoms with Crippen LogP contribution in [-0.2, 0) is 17.8 Å². The fraction of sp³-hybridized carbons (Fsp3) is 0.200. The summed E-state index contributed by atoms with van der Waals surface area (Å²) in [4.78, 5) is 19.7. The van der Waals surface area contributed by atoms with Gasteiger partial charge >= 0.3 is 0 Å². The van der Waals surface area contributed by atoms with Gasteiger partial charge in [-0.05, 0) is 41.3 Å². The first-order valence-electron chi connectivity index (χ1n) is 10.2. The van der Waals surface area contributed by atoms with Crippen LogP contribution >= 0.6 is 0 Å². The quantitative estimate of drug-likeness (QED) is 0.504. The number of nitrogens with zero attached hydrogens (tertiary/aromatic N) is 3. The minimum atomic E-state index is -0.409. The molecule has 5 heteroatoms. The number of benzene rings is 2. The summed E-state index contributed by atoms with van der Waals surface area (Å²) in [7, 11) is 0. The summed E-state index contributed by atoms with van der Waals surface area (Å²) in [6, 6.07) is 20.7. The van der Waals surface area contributed by atoms with Crippen LogP contribution in [0.5, 0.6) is 0 Å². The molecule has 4 aromatic rings. The normalized spacial score (nSPS) is 14.5. The van der Waals surface area contributed by atoms with Gasteiger partial charge in [-0.25, -0.2) is 9.37 Å². The zero-order valence-corrected chi connectivity index (χ0v) is 16.5. The van der Waals surface area contributed by atoms with Crippen LogP contribution in [0.4, 0.5) is 4.39 Å². The highest BCUT2D eigenvalue weighted by atomic mass is 19.1. The summed E-state index contributed by atoms with van der Waals surface area (Å²) in [6.07, 6.45) is 4.71. The molecule has 3 heterocycles. The van der Waals surface area contributed by atoms with E-state index >= 15 is 0 Å². The third-order valence-electron chi connectivity index (χ3n) is 5.95. The molecule has 1 aliphatic rings. The molecule has 0 saturated carbocycles. The molecule has 1 amide bonds. The maximum Gasteiger partial charge on any atom is 0.223 e. The van der Waals surface area contributed by atoms with Crippen LogP contribution in [0.15, 0.2) is 79.1 Å². The number of hydrogen-bond acceptors (Lipinski definition) is 2. The average molecular weight is 399 g/mol. The van der Waals surface area contributed by atoms with Gasteiger partial charge in [-0.3, -0.25) is 4.79 Å². The van der Waals surface area contributed by atoms with Crippen molar-refractivity contribution in [3.05, 3.63) is 107 Å². The number of hydrogen-bond donors (Lipinski definition) is 0. The topological polar surface area (TPSA) is 37.6 Å². The first-order valence-corrected chi connectivity index (χ1v) is 10.2.